The van der Waals surface area contributed by atoms with Crippen molar-refractivity contribution < 1.29 is 33.5 Å². The van der Waals surface area contributed by atoms with Crippen molar-refractivity contribution >= 4 is 13.7 Å². The summed E-state index contributed by atoms with van der Waals surface area (Å²) < 4.78 is 21.9. The molecule has 0 radical (unpaired) electrons. The van der Waals surface area contributed by atoms with Crippen molar-refractivity contribution in [3.05, 3.63) is 36.5 Å². The smallest absolute Gasteiger partial charge is 0.393 e. The van der Waals surface area contributed by atoms with Crippen LogP contribution in [0.4, 0.5) is 0 Å². The fraction of sp³-hybridized carbons (Fsp3) is 0.800. The van der Waals surface area contributed by atoms with Crippen LogP contribution < -0.4 is 11.1 Å². The minimum atomic E-state index is -4.39. The van der Waals surface area contributed by atoms with Gasteiger partial charge in [0.2, 0.25) is 5.91 Å². The Morgan fingerprint density at radius 3 is 1.93 bits per heavy atom. The molecule has 0 rings (SSSR count). The van der Waals surface area contributed by atoms with E-state index in [0.717, 1.165) is 64.2 Å². The molecule has 4 atom stereocenters. The largest absolute Gasteiger partial charge is 0.472 e. The van der Waals surface area contributed by atoms with Gasteiger partial charge in [0.1, 0.15) is 0 Å². The van der Waals surface area contributed by atoms with Gasteiger partial charge in [-0.15, -0.1) is 0 Å². The van der Waals surface area contributed by atoms with E-state index in [-0.39, 0.29) is 19.6 Å². The lowest BCUT2D eigenvalue weighted by Crippen LogP contribution is -2.46. The molecule has 0 bridgehead atoms. The molecule has 0 aromatic carbocycles. The number of carbonyl (C=O) groups excluding carboxylic acids is 1. The highest BCUT2D eigenvalue weighted by molar-refractivity contribution is 7.47. The molecule has 0 aromatic rings. The van der Waals surface area contributed by atoms with Gasteiger partial charge in [0.25, 0.3) is 0 Å². The Kier molecular flexibility index (Phi) is 30.4. The molecule has 0 spiro atoms. The van der Waals surface area contributed by atoms with Gasteiger partial charge in [-0.1, -0.05) is 121 Å². The third-order valence-corrected chi connectivity index (χ3v) is 8.50. The van der Waals surface area contributed by atoms with Crippen LogP contribution in [0.25, 0.3) is 0 Å². The highest BCUT2D eigenvalue weighted by Crippen LogP contribution is 2.43. The summed E-state index contributed by atoms with van der Waals surface area (Å²) in [5.74, 6) is -0.460. The Labute approximate surface area is 274 Å². The average molecular weight is 659 g/mol. The number of nitrogens with two attached hydrogens (primary N) is 1. The molecular formula is C35H67N2O7P. The second kappa shape index (κ2) is 31.3. The summed E-state index contributed by atoms with van der Waals surface area (Å²) in [7, 11) is -4.39. The second-order valence-corrected chi connectivity index (χ2v) is 13.4. The zero-order valence-corrected chi connectivity index (χ0v) is 29.4. The van der Waals surface area contributed by atoms with Crippen LogP contribution in [0.1, 0.15) is 142 Å². The van der Waals surface area contributed by atoms with Crippen molar-refractivity contribution in [2.45, 2.75) is 161 Å². The van der Waals surface area contributed by atoms with Crippen molar-refractivity contribution in [2.24, 2.45) is 5.73 Å². The Bertz CT molecular complexity index is 822. The summed E-state index contributed by atoms with van der Waals surface area (Å²) in [6.45, 7) is 3.85. The van der Waals surface area contributed by atoms with Crippen molar-refractivity contribution in [3.63, 3.8) is 0 Å². The molecule has 0 fully saturated rings. The number of nitrogens with one attached hydrogen (secondary N) is 1. The number of phosphoric ester groups is 1. The quantitative estimate of drug-likeness (QED) is 0.0279. The van der Waals surface area contributed by atoms with E-state index in [9.17, 15) is 24.5 Å². The van der Waals surface area contributed by atoms with Crippen molar-refractivity contribution in [3.8, 4) is 0 Å². The standard InChI is InChI=1S/C35H67N2O7P/c1-3-5-7-9-11-13-14-15-16-17-18-19-20-22-24-26-32(38)30-35(40)37-33(31-44-45(41,42)43-29-28-36)34(39)27-25-23-21-12-10-8-6-4-2/h11,13,15-16,25,27,32-34,38-39H,3-10,12,14,17-24,26,28-31,36H2,1-2H3,(H,37,40)(H,41,42)/b13-11-,16-15-,27-25+. The molecule has 0 aliphatic rings. The first kappa shape index (κ1) is 43.7. The Morgan fingerprint density at radius 1 is 0.778 bits per heavy atom. The van der Waals surface area contributed by atoms with E-state index >= 15 is 0 Å². The molecule has 6 N–H and O–H groups in total. The Hall–Kier alpha value is -1.32. The van der Waals surface area contributed by atoms with Crippen molar-refractivity contribution in [1.82, 2.24) is 5.32 Å². The normalized spacial score (nSPS) is 15.6. The highest BCUT2D eigenvalue weighted by Gasteiger charge is 2.27. The molecule has 45 heavy (non-hydrogen) atoms. The van der Waals surface area contributed by atoms with Gasteiger partial charge in [0.15, 0.2) is 0 Å². The first-order chi connectivity index (χ1) is 21.8. The second-order valence-electron chi connectivity index (χ2n) is 11.9. The topological polar surface area (TPSA) is 151 Å². The number of hydrogen-bond donors (Lipinski definition) is 5. The molecule has 0 aliphatic heterocycles. The van der Waals surface area contributed by atoms with Crippen LogP contribution in [0, 0.1) is 0 Å². The van der Waals surface area contributed by atoms with E-state index in [4.69, 9.17) is 14.8 Å². The maximum Gasteiger partial charge on any atom is 0.472 e. The minimum absolute atomic E-state index is 0.0461. The van der Waals surface area contributed by atoms with Crippen LogP contribution in [0.15, 0.2) is 36.5 Å². The number of phosphoric acid groups is 1. The maximum absolute atomic E-state index is 12.7. The number of allylic oxidation sites excluding steroid dienone is 5. The molecule has 0 heterocycles. The van der Waals surface area contributed by atoms with Crippen LogP contribution in [-0.4, -0.2) is 59.0 Å². The van der Waals surface area contributed by atoms with Crippen LogP contribution in [0.2, 0.25) is 0 Å². The minimum Gasteiger partial charge on any atom is -0.393 e. The van der Waals surface area contributed by atoms with E-state index in [2.05, 4.69) is 43.5 Å². The van der Waals surface area contributed by atoms with Crippen molar-refractivity contribution in [2.75, 3.05) is 19.8 Å². The fourth-order valence-corrected chi connectivity index (χ4v) is 5.55. The summed E-state index contributed by atoms with van der Waals surface area (Å²) in [6, 6.07) is -0.983. The molecule has 0 aromatic heterocycles. The van der Waals surface area contributed by atoms with Gasteiger partial charge >= 0.3 is 7.82 Å². The number of amides is 1. The summed E-state index contributed by atoms with van der Waals surface area (Å²) in [5.41, 5.74) is 5.32. The molecule has 10 heteroatoms. The Balaban J connectivity index is 4.42. The molecule has 0 saturated heterocycles. The predicted molar refractivity (Wildman–Crippen MR) is 186 cm³/mol. The lowest BCUT2D eigenvalue weighted by Gasteiger charge is -2.24. The molecule has 264 valence electrons. The van der Waals surface area contributed by atoms with Crippen molar-refractivity contribution in [1.29, 1.82) is 0 Å². The van der Waals surface area contributed by atoms with Gasteiger partial charge in [0.05, 0.1) is 37.9 Å². The van der Waals surface area contributed by atoms with Crippen LogP contribution in [0.3, 0.4) is 0 Å². The lowest BCUT2D eigenvalue weighted by atomic mass is 10.0. The summed E-state index contributed by atoms with van der Waals surface area (Å²) in [4.78, 5) is 22.5. The maximum atomic E-state index is 12.7. The third kappa shape index (κ3) is 29.8. The SMILES string of the molecule is CCCCC/C=C\C/C=C\CCCCCCCC(O)CC(=O)NC(COP(=O)(O)OCCN)C(O)/C=C/CCCCCCCC. The van der Waals surface area contributed by atoms with Gasteiger partial charge in [-0.3, -0.25) is 13.8 Å². The number of carbonyl (C=O) groups is 1. The first-order valence-electron chi connectivity index (χ1n) is 17.7. The molecule has 4 unspecified atom stereocenters. The van der Waals surface area contributed by atoms with Gasteiger partial charge in [0, 0.05) is 6.54 Å². The van der Waals surface area contributed by atoms with Gasteiger partial charge in [-0.05, 0) is 51.4 Å². The fourth-order valence-electron chi connectivity index (χ4n) is 4.79. The number of rotatable bonds is 32. The number of unbranched alkanes of at least 4 members (excludes halogenated alkanes) is 14. The third-order valence-electron chi connectivity index (χ3n) is 7.51. The highest BCUT2D eigenvalue weighted by atomic mass is 31.2. The van der Waals surface area contributed by atoms with Crippen LogP contribution >= 0.6 is 7.82 Å². The van der Waals surface area contributed by atoms with E-state index in [0.29, 0.717) is 6.42 Å². The van der Waals surface area contributed by atoms with Gasteiger partial charge in [-0.25, -0.2) is 4.57 Å². The molecule has 9 nitrogen and oxygen atoms in total. The lowest BCUT2D eigenvalue weighted by molar-refractivity contribution is -0.124. The Morgan fingerprint density at radius 2 is 1.31 bits per heavy atom. The van der Waals surface area contributed by atoms with Crippen LogP contribution in [-0.2, 0) is 18.4 Å². The summed E-state index contributed by atoms with van der Waals surface area (Å²) >= 11 is 0. The van der Waals surface area contributed by atoms with E-state index in [1.54, 1.807) is 6.08 Å². The summed E-state index contributed by atoms with van der Waals surface area (Å²) in [5, 5.41) is 23.8. The number of aliphatic hydroxyl groups excluding tert-OH is 2. The van der Waals surface area contributed by atoms with E-state index in [1.807, 2.05) is 6.08 Å². The number of hydrogen-bond acceptors (Lipinski definition) is 7. The monoisotopic (exact) mass is 658 g/mol. The first-order valence-corrected chi connectivity index (χ1v) is 19.2. The molecule has 0 aliphatic carbocycles. The zero-order valence-electron chi connectivity index (χ0n) is 28.5. The van der Waals surface area contributed by atoms with E-state index in [1.165, 1.54) is 51.4 Å². The number of aliphatic hydroxyl groups is 2. The van der Waals surface area contributed by atoms with E-state index < -0.39 is 38.6 Å². The molecule has 1 amide bonds. The zero-order chi connectivity index (χ0) is 33.4. The average Bonchev–Trinajstić information content (AvgIpc) is 3.01. The molecule has 0 saturated carbocycles. The summed E-state index contributed by atoms with van der Waals surface area (Å²) in [6.07, 6.45) is 31.0. The predicted octanol–water partition coefficient (Wildman–Crippen LogP) is 7.80. The van der Waals surface area contributed by atoms with Crippen LogP contribution in [0.5, 0.6) is 0 Å². The molecular weight excluding hydrogens is 591 g/mol. The van der Waals surface area contributed by atoms with Gasteiger partial charge in [-0.2, -0.15) is 0 Å². The van der Waals surface area contributed by atoms with Gasteiger partial charge < -0.3 is 26.2 Å².